The van der Waals surface area contributed by atoms with Crippen LogP contribution in [0.5, 0.6) is 11.5 Å². The van der Waals surface area contributed by atoms with E-state index in [-0.39, 0.29) is 0 Å². The highest BCUT2D eigenvalue weighted by Crippen LogP contribution is 2.18. The lowest BCUT2D eigenvalue weighted by atomic mass is 10.2. The molecule has 2 aromatic carbocycles. The van der Waals surface area contributed by atoms with Crippen molar-refractivity contribution in [2.45, 2.75) is 13.1 Å². The number of para-hydroxylation sites is 2. The first-order valence-corrected chi connectivity index (χ1v) is 8.84. The number of rotatable bonds is 0. The molecule has 0 amide bonds. The Morgan fingerprint density at radius 2 is 1.08 bits per heavy atom. The molecule has 2 aromatic rings. The molecule has 5 nitrogen and oxygen atoms in total. The Hall–Kier alpha value is -2.08. The molecule has 0 aromatic heterocycles. The lowest BCUT2D eigenvalue weighted by Crippen LogP contribution is -2.27. The summed E-state index contributed by atoms with van der Waals surface area (Å²) in [6, 6.07) is 16.3. The number of benzene rings is 2. The first kappa shape index (κ1) is 17.7. The summed E-state index contributed by atoms with van der Waals surface area (Å²) in [4.78, 5) is 0. The van der Waals surface area contributed by atoms with Gasteiger partial charge in [0.1, 0.15) is 24.7 Å². The van der Waals surface area contributed by atoms with E-state index in [0.717, 1.165) is 37.7 Å². The van der Waals surface area contributed by atoms with Gasteiger partial charge in [-0.3, -0.25) is 0 Å². The smallest absolute Gasteiger partial charge is 0.123 e. The summed E-state index contributed by atoms with van der Waals surface area (Å²) in [7, 11) is 0. The number of fused-ring (bicyclic) bond motifs is 2. The minimum Gasteiger partial charge on any atom is -0.491 e. The minimum atomic E-state index is 0.537. The third-order valence-electron chi connectivity index (χ3n) is 4.03. The average Bonchev–Trinajstić information content (AvgIpc) is 2.65. The molecule has 0 saturated heterocycles. The highest BCUT2D eigenvalue weighted by molar-refractivity contribution is 5.34. The van der Waals surface area contributed by atoms with Crippen LogP contribution >= 0.6 is 0 Å². The zero-order valence-electron chi connectivity index (χ0n) is 14.5. The fourth-order valence-electron chi connectivity index (χ4n) is 2.73. The fourth-order valence-corrected chi connectivity index (χ4v) is 2.73. The summed E-state index contributed by atoms with van der Waals surface area (Å²) in [5, 5.41) is 6.91. The molecule has 5 heteroatoms. The Labute approximate surface area is 149 Å². The highest BCUT2D eigenvalue weighted by atomic mass is 16.5. The van der Waals surface area contributed by atoms with Crippen molar-refractivity contribution >= 4 is 0 Å². The van der Waals surface area contributed by atoms with E-state index in [2.05, 4.69) is 22.8 Å². The van der Waals surface area contributed by atoms with Gasteiger partial charge in [-0.2, -0.15) is 0 Å². The van der Waals surface area contributed by atoms with Crippen LogP contribution in [0.25, 0.3) is 0 Å². The summed E-state index contributed by atoms with van der Waals surface area (Å²) in [5.74, 6) is 1.83. The van der Waals surface area contributed by atoms with E-state index < -0.39 is 0 Å². The van der Waals surface area contributed by atoms with Crippen molar-refractivity contribution in [3.8, 4) is 11.5 Å². The third-order valence-corrected chi connectivity index (χ3v) is 4.03. The van der Waals surface area contributed by atoms with Crippen molar-refractivity contribution in [1.29, 1.82) is 0 Å². The molecule has 0 saturated carbocycles. The van der Waals surface area contributed by atoms with Gasteiger partial charge in [-0.1, -0.05) is 36.4 Å². The van der Waals surface area contributed by atoms with Crippen LogP contribution in [0.15, 0.2) is 48.5 Å². The van der Waals surface area contributed by atoms with E-state index >= 15 is 0 Å². The minimum absolute atomic E-state index is 0.537. The average molecular weight is 342 g/mol. The summed E-state index contributed by atoms with van der Waals surface area (Å²) < 4.78 is 17.3. The maximum absolute atomic E-state index is 5.85. The zero-order chi connectivity index (χ0) is 17.2. The first-order valence-electron chi connectivity index (χ1n) is 8.84. The maximum atomic E-state index is 5.85. The van der Waals surface area contributed by atoms with Gasteiger partial charge < -0.3 is 24.8 Å². The summed E-state index contributed by atoms with van der Waals surface area (Å²) in [5.41, 5.74) is 2.33. The van der Waals surface area contributed by atoms with Crippen LogP contribution in [-0.2, 0) is 17.8 Å². The second-order valence-electron chi connectivity index (χ2n) is 5.88. The predicted octanol–water partition coefficient (Wildman–Crippen LogP) is 2.35. The second kappa shape index (κ2) is 10.0. The van der Waals surface area contributed by atoms with Gasteiger partial charge in [-0.25, -0.2) is 0 Å². The Morgan fingerprint density at radius 1 is 0.600 bits per heavy atom. The van der Waals surface area contributed by atoms with Gasteiger partial charge in [-0.05, 0) is 12.1 Å². The van der Waals surface area contributed by atoms with Crippen molar-refractivity contribution in [3.05, 3.63) is 59.7 Å². The molecule has 0 spiro atoms. The number of ether oxygens (including phenoxy) is 3. The van der Waals surface area contributed by atoms with E-state index in [1.807, 2.05) is 36.4 Å². The van der Waals surface area contributed by atoms with Gasteiger partial charge in [-0.15, -0.1) is 0 Å². The largest absolute Gasteiger partial charge is 0.491 e. The van der Waals surface area contributed by atoms with Crippen molar-refractivity contribution in [2.24, 2.45) is 0 Å². The van der Waals surface area contributed by atoms with Crippen molar-refractivity contribution in [2.75, 3.05) is 39.5 Å². The molecule has 25 heavy (non-hydrogen) atoms. The number of nitrogens with one attached hydrogen (secondary N) is 2. The van der Waals surface area contributed by atoms with Crippen molar-refractivity contribution in [1.82, 2.24) is 10.6 Å². The van der Waals surface area contributed by atoms with E-state index in [1.165, 1.54) is 11.1 Å². The Morgan fingerprint density at radius 3 is 1.60 bits per heavy atom. The van der Waals surface area contributed by atoms with Crippen molar-refractivity contribution in [3.63, 3.8) is 0 Å². The molecule has 1 heterocycles. The highest BCUT2D eigenvalue weighted by Gasteiger charge is 2.05. The molecule has 2 N–H and O–H groups in total. The molecule has 1 aliphatic heterocycles. The number of hydrogen-bond acceptors (Lipinski definition) is 5. The van der Waals surface area contributed by atoms with E-state index in [4.69, 9.17) is 14.2 Å². The molecule has 3 rings (SSSR count). The third kappa shape index (κ3) is 5.74. The van der Waals surface area contributed by atoms with Crippen LogP contribution in [0.2, 0.25) is 0 Å². The lowest BCUT2D eigenvalue weighted by molar-refractivity contribution is 0.0759. The quantitative estimate of drug-likeness (QED) is 0.770. The molecule has 134 valence electrons. The molecule has 1 aliphatic rings. The monoisotopic (exact) mass is 342 g/mol. The molecule has 0 unspecified atom stereocenters. The molecular formula is C20H26N2O3. The van der Waals surface area contributed by atoms with Gasteiger partial charge >= 0.3 is 0 Å². The summed E-state index contributed by atoms with van der Waals surface area (Å²) >= 11 is 0. The van der Waals surface area contributed by atoms with Crippen molar-refractivity contribution < 1.29 is 14.2 Å². The fraction of sp³-hybridized carbons (Fsp3) is 0.400. The zero-order valence-corrected chi connectivity index (χ0v) is 14.5. The van der Waals surface area contributed by atoms with E-state index in [1.54, 1.807) is 0 Å². The van der Waals surface area contributed by atoms with Crippen LogP contribution in [0, 0.1) is 0 Å². The molecule has 0 aliphatic carbocycles. The van der Waals surface area contributed by atoms with Gasteiger partial charge in [0.05, 0.1) is 13.2 Å². The summed E-state index contributed by atoms with van der Waals surface area (Å²) in [6.07, 6.45) is 0. The molecule has 0 atom stereocenters. The van der Waals surface area contributed by atoms with Gasteiger partial charge in [0.25, 0.3) is 0 Å². The normalized spacial score (nSPS) is 17.3. The van der Waals surface area contributed by atoms with E-state index in [0.29, 0.717) is 26.4 Å². The predicted molar refractivity (Wildman–Crippen MR) is 98.1 cm³/mol. The molecule has 0 fully saturated rings. The van der Waals surface area contributed by atoms with Gasteiger partial charge in [0, 0.05) is 37.3 Å². The van der Waals surface area contributed by atoms with Crippen LogP contribution in [0.3, 0.4) is 0 Å². The summed E-state index contributed by atoms with van der Waals surface area (Å²) in [6.45, 7) is 5.53. The SMILES string of the molecule is c1ccc2c(c1)CNCCNCc1ccccc1OCCOCCO2. The van der Waals surface area contributed by atoms with E-state index in [9.17, 15) is 0 Å². The van der Waals surface area contributed by atoms with Gasteiger partial charge in [0.15, 0.2) is 0 Å². The van der Waals surface area contributed by atoms with Crippen LogP contribution < -0.4 is 20.1 Å². The first-order chi connectivity index (χ1) is 12.4. The van der Waals surface area contributed by atoms with Crippen LogP contribution in [0.1, 0.15) is 11.1 Å². The maximum Gasteiger partial charge on any atom is 0.123 e. The number of hydrogen-bond donors (Lipinski definition) is 2. The topological polar surface area (TPSA) is 51.8 Å². The Balaban J connectivity index is 1.59. The standard InChI is InChI=1S/C20H26N2O3/c1-3-7-19-17(5-1)15-21-9-10-22-16-18-6-2-4-8-20(18)25-14-12-23-11-13-24-19/h1-8,21-22H,9-16H2. The Kier molecular flexibility index (Phi) is 7.12. The molecule has 0 bridgehead atoms. The second-order valence-corrected chi connectivity index (χ2v) is 5.88. The lowest BCUT2D eigenvalue weighted by Gasteiger charge is -2.12. The van der Waals surface area contributed by atoms with Gasteiger partial charge in [0.2, 0.25) is 0 Å². The molecule has 0 radical (unpaired) electrons. The van der Waals surface area contributed by atoms with Crippen LogP contribution in [-0.4, -0.2) is 39.5 Å². The van der Waals surface area contributed by atoms with Crippen LogP contribution in [0.4, 0.5) is 0 Å². The Bertz CT molecular complexity index is 593. The molecular weight excluding hydrogens is 316 g/mol.